The lowest BCUT2D eigenvalue weighted by atomic mass is 9.75. The van der Waals surface area contributed by atoms with Crippen LogP contribution in [-0.4, -0.2) is 53.2 Å². The molecular formula is C45H65F2NO5S. The maximum atomic E-state index is 15.1. The molecule has 0 N–H and O–H groups in total. The molecule has 3 rings (SSSR count). The molecule has 3 atom stereocenters. The second kappa shape index (κ2) is 21.8. The van der Waals surface area contributed by atoms with E-state index in [-0.39, 0.29) is 42.9 Å². The van der Waals surface area contributed by atoms with Crippen molar-refractivity contribution in [3.63, 3.8) is 0 Å². The molecule has 300 valence electrons. The maximum absolute atomic E-state index is 15.1. The zero-order chi connectivity index (χ0) is 39.8. The molecule has 1 fully saturated rings. The minimum Gasteiger partial charge on any atom is -0.460 e. The highest BCUT2D eigenvalue weighted by Crippen LogP contribution is 2.48. The van der Waals surface area contributed by atoms with Crippen molar-refractivity contribution in [2.45, 2.75) is 148 Å². The third-order valence-electron chi connectivity index (χ3n) is 10.1. The minimum absolute atomic E-state index is 0.0300. The molecule has 1 saturated heterocycles. The number of carbonyl (C=O) groups excluding carboxylic acids is 2. The van der Waals surface area contributed by atoms with Crippen LogP contribution in [0.1, 0.15) is 136 Å². The van der Waals surface area contributed by atoms with Crippen LogP contribution in [0, 0.1) is 17.8 Å². The number of unbranched alkanes of at least 4 members (excludes halogenated alkanes) is 8. The Morgan fingerprint density at radius 2 is 1.43 bits per heavy atom. The lowest BCUT2D eigenvalue weighted by Crippen LogP contribution is -2.52. The standard InChI is InChI=1S/C45H65F2NO5S/c1-8-9-10-14-23-31-44(46,47)32-24-15-12-11-13-22-29-37(38(30-33-51-7)41(50)52-43(4,5)6)40(49)48-39(34(2)3)45(53-42(48)54,35-25-18-16-19-26-35)36-27-20-17-21-28-36/h16-22,25-29,34,37-39H,8-15,23-24,30-33H2,1-7H3/b29-22+/t37-,38?,39-/m0/s1. The highest BCUT2D eigenvalue weighted by Gasteiger charge is 2.58. The Bertz CT molecular complexity index is 1420. The van der Waals surface area contributed by atoms with Crippen molar-refractivity contribution in [1.29, 1.82) is 0 Å². The van der Waals surface area contributed by atoms with Crippen LogP contribution >= 0.6 is 12.2 Å². The number of thiocarbonyl (C=S) groups is 1. The van der Waals surface area contributed by atoms with Crippen LogP contribution in [0.3, 0.4) is 0 Å². The number of esters is 1. The van der Waals surface area contributed by atoms with Gasteiger partial charge in [0.25, 0.3) is 5.17 Å². The molecule has 0 saturated carbocycles. The number of halogens is 2. The number of rotatable bonds is 23. The Hall–Kier alpha value is -3.17. The molecule has 0 spiro atoms. The normalized spacial score (nSPS) is 17.2. The smallest absolute Gasteiger partial charge is 0.310 e. The van der Waals surface area contributed by atoms with Gasteiger partial charge in [0.2, 0.25) is 11.8 Å². The summed E-state index contributed by atoms with van der Waals surface area (Å²) in [7, 11) is 1.56. The van der Waals surface area contributed by atoms with Crippen molar-refractivity contribution in [1.82, 2.24) is 4.90 Å². The van der Waals surface area contributed by atoms with E-state index < -0.39 is 41.0 Å². The number of amides is 1. The van der Waals surface area contributed by atoms with Gasteiger partial charge in [0.05, 0.1) is 17.9 Å². The third-order valence-corrected chi connectivity index (χ3v) is 10.4. The summed E-state index contributed by atoms with van der Waals surface area (Å²) < 4.78 is 46.9. The number of allylic oxidation sites excluding steroid dienone is 1. The van der Waals surface area contributed by atoms with Crippen molar-refractivity contribution in [2.75, 3.05) is 13.7 Å². The zero-order valence-electron chi connectivity index (χ0n) is 33.8. The number of methoxy groups -OCH3 is 1. The van der Waals surface area contributed by atoms with E-state index in [1.165, 1.54) is 0 Å². The van der Waals surface area contributed by atoms with Crippen LogP contribution in [0.5, 0.6) is 0 Å². The van der Waals surface area contributed by atoms with E-state index in [4.69, 9.17) is 26.4 Å². The monoisotopic (exact) mass is 769 g/mol. The van der Waals surface area contributed by atoms with E-state index >= 15 is 4.79 Å². The van der Waals surface area contributed by atoms with Crippen molar-refractivity contribution in [3.05, 3.63) is 83.9 Å². The third kappa shape index (κ3) is 13.0. The van der Waals surface area contributed by atoms with Crippen LogP contribution in [0.2, 0.25) is 0 Å². The van der Waals surface area contributed by atoms with E-state index in [0.29, 0.717) is 25.7 Å². The van der Waals surface area contributed by atoms with Gasteiger partial charge in [-0.15, -0.1) is 0 Å². The summed E-state index contributed by atoms with van der Waals surface area (Å²) in [5.41, 5.74) is -0.120. The summed E-state index contributed by atoms with van der Waals surface area (Å²) in [5.74, 6) is -5.31. The van der Waals surface area contributed by atoms with Gasteiger partial charge in [0, 0.05) is 37.7 Å². The Kier molecular flexibility index (Phi) is 18.3. The number of hydrogen-bond donors (Lipinski definition) is 0. The lowest BCUT2D eigenvalue weighted by molar-refractivity contribution is -0.164. The number of hydrogen-bond acceptors (Lipinski definition) is 6. The van der Waals surface area contributed by atoms with E-state index in [2.05, 4.69) is 6.92 Å². The topological polar surface area (TPSA) is 65.1 Å². The molecule has 1 heterocycles. The van der Waals surface area contributed by atoms with Crippen LogP contribution in [-0.2, 0) is 29.4 Å². The molecule has 1 aliphatic rings. The number of carbonyl (C=O) groups is 2. The molecule has 2 aromatic rings. The fraction of sp³-hybridized carbons (Fsp3) is 0.622. The highest BCUT2D eigenvalue weighted by molar-refractivity contribution is 7.80. The quantitative estimate of drug-likeness (QED) is 0.0485. The minimum atomic E-state index is -2.61. The molecule has 2 aromatic carbocycles. The van der Waals surface area contributed by atoms with Gasteiger partial charge in [-0.2, -0.15) is 0 Å². The summed E-state index contributed by atoms with van der Waals surface area (Å²) in [6.45, 7) is 11.9. The van der Waals surface area contributed by atoms with Gasteiger partial charge in [0.1, 0.15) is 5.60 Å². The van der Waals surface area contributed by atoms with Crippen molar-refractivity contribution < 1.29 is 32.6 Å². The number of alkyl halides is 2. The molecule has 0 aliphatic carbocycles. The molecule has 1 amide bonds. The SMILES string of the molecule is CCCCCCCC(F)(F)CCCCCC/C=C/[C@H](C(=O)N1C(=S)OC(c2ccccc2)(c2ccccc2)[C@@H]1C(C)C)C(CCOC)C(=O)OC(C)(C)C. The fourth-order valence-electron chi connectivity index (χ4n) is 7.50. The number of benzene rings is 2. The second-order valence-electron chi connectivity index (χ2n) is 16.1. The molecule has 0 bridgehead atoms. The Balaban J connectivity index is 1.87. The van der Waals surface area contributed by atoms with Gasteiger partial charge < -0.3 is 14.2 Å². The molecule has 6 nitrogen and oxygen atoms in total. The molecule has 0 radical (unpaired) electrons. The van der Waals surface area contributed by atoms with Crippen molar-refractivity contribution in [3.8, 4) is 0 Å². The first kappa shape index (κ1) is 45.2. The predicted molar refractivity (Wildman–Crippen MR) is 217 cm³/mol. The summed E-state index contributed by atoms with van der Waals surface area (Å²) in [6, 6.07) is 19.1. The van der Waals surface area contributed by atoms with Crippen molar-refractivity contribution in [2.24, 2.45) is 17.8 Å². The Morgan fingerprint density at radius 1 is 0.889 bits per heavy atom. The largest absolute Gasteiger partial charge is 0.460 e. The Morgan fingerprint density at radius 3 is 1.93 bits per heavy atom. The Labute approximate surface area is 329 Å². The summed E-state index contributed by atoms with van der Waals surface area (Å²) in [6.07, 6.45) is 12.0. The molecular weight excluding hydrogens is 705 g/mol. The molecule has 0 aromatic heterocycles. The van der Waals surface area contributed by atoms with Gasteiger partial charge in [0.15, 0.2) is 5.60 Å². The molecule has 9 heteroatoms. The highest BCUT2D eigenvalue weighted by atomic mass is 32.1. The van der Waals surface area contributed by atoms with Gasteiger partial charge in [-0.1, -0.05) is 132 Å². The van der Waals surface area contributed by atoms with Crippen LogP contribution in [0.15, 0.2) is 72.8 Å². The van der Waals surface area contributed by atoms with Crippen molar-refractivity contribution >= 4 is 29.3 Å². The van der Waals surface area contributed by atoms with Gasteiger partial charge in [-0.05, 0) is 71.0 Å². The molecule has 1 unspecified atom stereocenters. The van der Waals surface area contributed by atoms with Gasteiger partial charge in [-0.3, -0.25) is 14.5 Å². The lowest BCUT2D eigenvalue weighted by Gasteiger charge is -2.39. The van der Waals surface area contributed by atoms with Gasteiger partial charge >= 0.3 is 5.97 Å². The summed E-state index contributed by atoms with van der Waals surface area (Å²) in [5, 5.41) is 0.0530. The maximum Gasteiger partial charge on any atom is 0.310 e. The summed E-state index contributed by atoms with van der Waals surface area (Å²) in [4.78, 5) is 30.6. The first-order valence-corrected chi connectivity index (χ1v) is 20.5. The first-order chi connectivity index (χ1) is 25.7. The number of nitrogens with zero attached hydrogens (tertiary/aromatic N) is 1. The van der Waals surface area contributed by atoms with E-state index in [1.807, 2.05) is 86.7 Å². The summed E-state index contributed by atoms with van der Waals surface area (Å²) >= 11 is 5.93. The van der Waals surface area contributed by atoms with Gasteiger partial charge in [-0.25, -0.2) is 8.78 Å². The average Bonchev–Trinajstić information content (AvgIpc) is 3.45. The van der Waals surface area contributed by atoms with Crippen LogP contribution < -0.4 is 0 Å². The molecule has 1 aliphatic heterocycles. The number of ether oxygens (including phenoxy) is 3. The average molecular weight is 770 g/mol. The van der Waals surface area contributed by atoms with E-state index in [9.17, 15) is 13.6 Å². The zero-order valence-corrected chi connectivity index (χ0v) is 34.6. The fourth-order valence-corrected chi connectivity index (χ4v) is 7.84. The predicted octanol–water partition coefficient (Wildman–Crippen LogP) is 11.6. The van der Waals surface area contributed by atoms with E-state index in [1.54, 1.807) is 32.8 Å². The van der Waals surface area contributed by atoms with Crippen LogP contribution in [0.4, 0.5) is 8.78 Å². The van der Waals surface area contributed by atoms with E-state index in [0.717, 1.165) is 49.7 Å². The van der Waals surface area contributed by atoms with Crippen LogP contribution in [0.25, 0.3) is 0 Å². The second-order valence-corrected chi connectivity index (χ2v) is 16.4. The molecule has 54 heavy (non-hydrogen) atoms. The first-order valence-electron chi connectivity index (χ1n) is 20.1.